The summed E-state index contributed by atoms with van der Waals surface area (Å²) in [6.07, 6.45) is 1.10. The summed E-state index contributed by atoms with van der Waals surface area (Å²) in [5.41, 5.74) is 4.20. The molecular weight excluding hydrogens is 336 g/mol. The third kappa shape index (κ3) is 4.02. The first-order valence-electron chi connectivity index (χ1n) is 8.37. The molecule has 0 saturated heterocycles. The molecule has 1 heterocycles. The van der Waals surface area contributed by atoms with Crippen LogP contribution in [-0.2, 0) is 27.0 Å². The molecule has 1 N–H and O–H groups in total. The Hall–Kier alpha value is -2.34. The first kappa shape index (κ1) is 17.5. The van der Waals surface area contributed by atoms with E-state index in [1.165, 1.54) is 0 Å². The highest BCUT2D eigenvalue weighted by Gasteiger charge is 2.23. The molecule has 5 nitrogen and oxygen atoms in total. The Labute approximate surface area is 148 Å². The third-order valence-corrected chi connectivity index (χ3v) is 5.57. The van der Waals surface area contributed by atoms with Crippen LogP contribution in [0.3, 0.4) is 0 Å². The molecule has 2 aromatic rings. The standard InChI is InChI=1S/C19H22N2O3S/c1-3-21-18-9-8-17(12-16(18)7-10-19(21)22)20-25(23,24)13-15-6-4-5-14(2)11-15/h4-6,8-9,11-12,20H,3,7,10,13H2,1-2H3. The predicted octanol–water partition coefficient (Wildman–Crippen LogP) is 3.24. The number of hydrogen-bond acceptors (Lipinski definition) is 3. The smallest absolute Gasteiger partial charge is 0.236 e. The van der Waals surface area contributed by atoms with Gasteiger partial charge in [0, 0.05) is 24.3 Å². The van der Waals surface area contributed by atoms with E-state index in [-0.39, 0.29) is 11.7 Å². The van der Waals surface area contributed by atoms with E-state index in [0.717, 1.165) is 22.4 Å². The first-order chi connectivity index (χ1) is 11.9. The molecule has 0 aliphatic carbocycles. The zero-order valence-corrected chi connectivity index (χ0v) is 15.3. The minimum Gasteiger partial charge on any atom is -0.312 e. The van der Waals surface area contributed by atoms with Gasteiger partial charge in [0.25, 0.3) is 0 Å². The van der Waals surface area contributed by atoms with Crippen molar-refractivity contribution in [3.8, 4) is 0 Å². The zero-order chi connectivity index (χ0) is 18.0. The van der Waals surface area contributed by atoms with E-state index in [1.54, 1.807) is 11.0 Å². The van der Waals surface area contributed by atoms with Gasteiger partial charge in [-0.2, -0.15) is 0 Å². The number of nitrogens with one attached hydrogen (secondary N) is 1. The highest BCUT2D eigenvalue weighted by molar-refractivity contribution is 7.91. The number of nitrogens with zero attached hydrogens (tertiary/aromatic N) is 1. The van der Waals surface area contributed by atoms with E-state index in [2.05, 4.69) is 4.72 Å². The Morgan fingerprint density at radius 1 is 1.12 bits per heavy atom. The lowest BCUT2D eigenvalue weighted by molar-refractivity contribution is -0.118. The Bertz CT molecular complexity index is 907. The fourth-order valence-electron chi connectivity index (χ4n) is 3.21. The van der Waals surface area contributed by atoms with Crippen molar-refractivity contribution >= 4 is 27.3 Å². The van der Waals surface area contributed by atoms with Gasteiger partial charge >= 0.3 is 0 Å². The van der Waals surface area contributed by atoms with Gasteiger partial charge < -0.3 is 4.90 Å². The summed E-state index contributed by atoms with van der Waals surface area (Å²) in [6, 6.07) is 12.8. The number of anilines is 2. The van der Waals surface area contributed by atoms with Crippen molar-refractivity contribution in [1.29, 1.82) is 0 Å². The van der Waals surface area contributed by atoms with Crippen LogP contribution in [0.2, 0.25) is 0 Å². The van der Waals surface area contributed by atoms with Gasteiger partial charge in [0.1, 0.15) is 0 Å². The van der Waals surface area contributed by atoms with Crippen LogP contribution < -0.4 is 9.62 Å². The van der Waals surface area contributed by atoms with E-state index in [9.17, 15) is 13.2 Å². The molecule has 0 fully saturated rings. The Morgan fingerprint density at radius 3 is 2.64 bits per heavy atom. The average Bonchev–Trinajstić information content (AvgIpc) is 2.54. The van der Waals surface area contributed by atoms with Crippen LogP contribution in [-0.4, -0.2) is 20.9 Å². The quantitative estimate of drug-likeness (QED) is 0.892. The number of fused-ring (bicyclic) bond motifs is 1. The number of carbonyl (C=O) groups excluding carboxylic acids is 1. The highest BCUT2D eigenvalue weighted by Crippen LogP contribution is 2.30. The molecule has 0 saturated carbocycles. The second-order valence-corrected chi connectivity index (χ2v) is 8.05. The summed E-state index contributed by atoms with van der Waals surface area (Å²) in [5.74, 6) is 0.0495. The largest absolute Gasteiger partial charge is 0.312 e. The summed E-state index contributed by atoms with van der Waals surface area (Å²) in [5, 5.41) is 0. The van der Waals surface area contributed by atoms with Crippen LogP contribution in [0, 0.1) is 6.92 Å². The summed E-state index contributed by atoms with van der Waals surface area (Å²) in [6.45, 7) is 4.49. The van der Waals surface area contributed by atoms with Gasteiger partial charge in [0.15, 0.2) is 0 Å². The fourth-order valence-corrected chi connectivity index (χ4v) is 4.38. The predicted molar refractivity (Wildman–Crippen MR) is 100 cm³/mol. The highest BCUT2D eigenvalue weighted by atomic mass is 32.2. The SMILES string of the molecule is CCN1C(=O)CCc2cc(NS(=O)(=O)Cc3cccc(C)c3)ccc21. The Balaban J connectivity index is 1.80. The van der Waals surface area contributed by atoms with Crippen molar-refractivity contribution < 1.29 is 13.2 Å². The van der Waals surface area contributed by atoms with Crippen molar-refractivity contribution in [3.63, 3.8) is 0 Å². The van der Waals surface area contributed by atoms with E-state index in [0.29, 0.717) is 25.1 Å². The van der Waals surface area contributed by atoms with Crippen molar-refractivity contribution in [2.24, 2.45) is 0 Å². The van der Waals surface area contributed by atoms with Crippen molar-refractivity contribution in [1.82, 2.24) is 0 Å². The van der Waals surface area contributed by atoms with E-state index in [4.69, 9.17) is 0 Å². The van der Waals surface area contributed by atoms with Crippen LogP contribution in [0.1, 0.15) is 30.0 Å². The lowest BCUT2D eigenvalue weighted by Gasteiger charge is -2.28. The van der Waals surface area contributed by atoms with Gasteiger partial charge in [0.2, 0.25) is 15.9 Å². The number of aryl methyl sites for hydroxylation is 2. The van der Waals surface area contributed by atoms with Gasteiger partial charge in [-0.15, -0.1) is 0 Å². The van der Waals surface area contributed by atoms with Gasteiger partial charge in [-0.25, -0.2) is 8.42 Å². The lowest BCUT2D eigenvalue weighted by Crippen LogP contribution is -2.34. The van der Waals surface area contributed by atoms with Crippen molar-refractivity contribution in [2.75, 3.05) is 16.2 Å². The number of carbonyl (C=O) groups is 1. The maximum absolute atomic E-state index is 12.4. The molecular formula is C19H22N2O3S. The van der Waals surface area contributed by atoms with Gasteiger partial charge in [0.05, 0.1) is 5.75 Å². The molecule has 0 unspecified atom stereocenters. The molecule has 0 radical (unpaired) electrons. The monoisotopic (exact) mass is 358 g/mol. The summed E-state index contributed by atoms with van der Waals surface area (Å²) in [4.78, 5) is 13.7. The number of benzene rings is 2. The van der Waals surface area contributed by atoms with Gasteiger partial charge in [-0.1, -0.05) is 29.8 Å². The number of sulfonamides is 1. The van der Waals surface area contributed by atoms with Crippen LogP contribution >= 0.6 is 0 Å². The number of hydrogen-bond donors (Lipinski definition) is 1. The number of rotatable bonds is 5. The maximum atomic E-state index is 12.4. The van der Waals surface area contributed by atoms with Crippen molar-refractivity contribution in [2.45, 2.75) is 32.4 Å². The zero-order valence-electron chi connectivity index (χ0n) is 14.5. The normalized spacial score (nSPS) is 14.3. The molecule has 132 valence electrons. The summed E-state index contributed by atoms with van der Waals surface area (Å²) >= 11 is 0. The van der Waals surface area contributed by atoms with E-state index in [1.807, 2.05) is 50.2 Å². The van der Waals surface area contributed by atoms with Gasteiger partial charge in [-0.05, 0) is 49.6 Å². The molecule has 0 bridgehead atoms. The maximum Gasteiger partial charge on any atom is 0.236 e. The lowest BCUT2D eigenvalue weighted by atomic mass is 10.0. The first-order valence-corrected chi connectivity index (χ1v) is 10.0. The summed E-state index contributed by atoms with van der Waals surface area (Å²) in [7, 11) is -3.49. The molecule has 2 aromatic carbocycles. The van der Waals surface area contributed by atoms with Gasteiger partial charge in [-0.3, -0.25) is 9.52 Å². The van der Waals surface area contributed by atoms with Crippen LogP contribution in [0.15, 0.2) is 42.5 Å². The van der Waals surface area contributed by atoms with Crippen LogP contribution in [0.25, 0.3) is 0 Å². The number of amides is 1. The van der Waals surface area contributed by atoms with Crippen LogP contribution in [0.4, 0.5) is 11.4 Å². The molecule has 0 atom stereocenters. The fraction of sp³-hybridized carbons (Fsp3) is 0.316. The Morgan fingerprint density at radius 2 is 1.92 bits per heavy atom. The molecule has 0 spiro atoms. The molecule has 3 rings (SSSR count). The van der Waals surface area contributed by atoms with E-state index >= 15 is 0 Å². The average molecular weight is 358 g/mol. The van der Waals surface area contributed by atoms with Crippen LogP contribution in [0.5, 0.6) is 0 Å². The molecule has 1 amide bonds. The van der Waals surface area contributed by atoms with E-state index < -0.39 is 10.0 Å². The van der Waals surface area contributed by atoms with Crippen molar-refractivity contribution in [3.05, 3.63) is 59.2 Å². The molecule has 1 aliphatic rings. The minimum absolute atomic E-state index is 0.0642. The molecule has 0 aromatic heterocycles. The Kier molecular flexibility index (Phi) is 4.81. The molecule has 6 heteroatoms. The molecule has 1 aliphatic heterocycles. The second kappa shape index (κ2) is 6.88. The molecule has 25 heavy (non-hydrogen) atoms. The second-order valence-electron chi connectivity index (χ2n) is 6.33. The topological polar surface area (TPSA) is 66.5 Å². The minimum atomic E-state index is -3.49. The summed E-state index contributed by atoms with van der Waals surface area (Å²) < 4.78 is 27.5. The third-order valence-electron chi connectivity index (χ3n) is 4.31.